The molecule has 2 heterocycles. The van der Waals surface area contributed by atoms with Gasteiger partial charge in [-0.3, -0.25) is 4.79 Å². The molecule has 0 radical (unpaired) electrons. The van der Waals surface area contributed by atoms with Crippen molar-refractivity contribution < 1.29 is 4.42 Å². The van der Waals surface area contributed by atoms with Gasteiger partial charge in [-0.2, -0.15) is 5.10 Å². The van der Waals surface area contributed by atoms with E-state index < -0.39 is 0 Å². The van der Waals surface area contributed by atoms with Crippen LogP contribution < -0.4 is 10.9 Å². The highest BCUT2D eigenvalue weighted by atomic mass is 35.5. The summed E-state index contributed by atoms with van der Waals surface area (Å²) in [5, 5.41) is 7.23. The van der Waals surface area contributed by atoms with E-state index in [1.807, 2.05) is 20.8 Å². The lowest BCUT2D eigenvalue weighted by molar-refractivity contribution is 0.463. The lowest BCUT2D eigenvalue weighted by Crippen LogP contribution is -2.26. The normalized spacial score (nSPS) is 11.1. The zero-order valence-electron chi connectivity index (χ0n) is 11.7. The Bertz CT molecular complexity index is 648. The highest BCUT2D eigenvalue weighted by molar-refractivity contribution is 6.32. The molecule has 0 aliphatic rings. The predicted octanol–water partition coefficient (Wildman–Crippen LogP) is 2.46. The maximum atomic E-state index is 12.0. The first-order valence-corrected chi connectivity index (χ1v) is 6.76. The molecule has 0 saturated heterocycles. The summed E-state index contributed by atoms with van der Waals surface area (Å²) < 4.78 is 6.70. The van der Waals surface area contributed by atoms with Crippen LogP contribution in [0.5, 0.6) is 0 Å². The summed E-state index contributed by atoms with van der Waals surface area (Å²) in [6, 6.07) is 0. The van der Waals surface area contributed by atoms with Gasteiger partial charge in [-0.15, -0.1) is 0 Å². The van der Waals surface area contributed by atoms with Crippen LogP contribution >= 0.6 is 11.6 Å². The standard InChI is InChI=1S/C13H17ClN4O2/c1-8(2)7-18-13(19)12(14)10(5-17-18)15-6-11-16-4-9(3)20-11/h4-5,8,15H,6-7H2,1-3H3. The third-order valence-electron chi connectivity index (χ3n) is 2.62. The fourth-order valence-corrected chi connectivity index (χ4v) is 1.93. The Morgan fingerprint density at radius 1 is 1.45 bits per heavy atom. The first-order chi connectivity index (χ1) is 9.47. The number of aryl methyl sites for hydroxylation is 1. The number of nitrogens with zero attached hydrogens (tertiary/aromatic N) is 3. The molecule has 0 aromatic carbocycles. The minimum Gasteiger partial charge on any atom is -0.444 e. The smallest absolute Gasteiger partial charge is 0.287 e. The van der Waals surface area contributed by atoms with Crippen molar-refractivity contribution in [3.63, 3.8) is 0 Å². The topological polar surface area (TPSA) is 73.0 Å². The first-order valence-electron chi connectivity index (χ1n) is 6.38. The maximum Gasteiger partial charge on any atom is 0.287 e. The number of halogens is 1. The van der Waals surface area contributed by atoms with Gasteiger partial charge in [-0.1, -0.05) is 25.4 Å². The largest absolute Gasteiger partial charge is 0.444 e. The number of aromatic nitrogens is 3. The second kappa shape index (κ2) is 6.09. The van der Waals surface area contributed by atoms with Crippen LogP contribution in [-0.4, -0.2) is 14.8 Å². The van der Waals surface area contributed by atoms with Gasteiger partial charge in [0, 0.05) is 6.54 Å². The summed E-state index contributed by atoms with van der Waals surface area (Å²) in [7, 11) is 0. The minimum atomic E-state index is -0.297. The summed E-state index contributed by atoms with van der Waals surface area (Å²) >= 11 is 6.07. The van der Waals surface area contributed by atoms with Crippen LogP contribution in [0.25, 0.3) is 0 Å². The first kappa shape index (κ1) is 14.6. The van der Waals surface area contributed by atoms with Gasteiger partial charge in [-0.05, 0) is 12.8 Å². The van der Waals surface area contributed by atoms with Gasteiger partial charge in [0.15, 0.2) is 0 Å². The monoisotopic (exact) mass is 296 g/mol. The molecule has 0 saturated carbocycles. The van der Waals surface area contributed by atoms with Crippen molar-refractivity contribution in [2.75, 3.05) is 5.32 Å². The van der Waals surface area contributed by atoms with E-state index in [2.05, 4.69) is 15.4 Å². The predicted molar refractivity (Wildman–Crippen MR) is 76.9 cm³/mol. The molecule has 0 amide bonds. The van der Waals surface area contributed by atoms with Crippen molar-refractivity contribution in [3.8, 4) is 0 Å². The van der Waals surface area contributed by atoms with Crippen molar-refractivity contribution in [3.05, 3.63) is 39.4 Å². The Morgan fingerprint density at radius 2 is 2.20 bits per heavy atom. The fraction of sp³-hybridized carbons (Fsp3) is 0.462. The van der Waals surface area contributed by atoms with E-state index in [-0.39, 0.29) is 10.6 Å². The van der Waals surface area contributed by atoms with Gasteiger partial charge in [0.2, 0.25) is 5.89 Å². The van der Waals surface area contributed by atoms with Gasteiger partial charge >= 0.3 is 0 Å². The van der Waals surface area contributed by atoms with E-state index in [1.165, 1.54) is 4.68 Å². The van der Waals surface area contributed by atoms with Crippen LogP contribution in [-0.2, 0) is 13.1 Å². The van der Waals surface area contributed by atoms with Gasteiger partial charge in [0.25, 0.3) is 5.56 Å². The van der Waals surface area contributed by atoms with Crippen molar-refractivity contribution >= 4 is 17.3 Å². The molecule has 2 aromatic heterocycles. The highest BCUT2D eigenvalue weighted by Gasteiger charge is 2.11. The molecule has 2 aromatic rings. The molecule has 7 heteroatoms. The van der Waals surface area contributed by atoms with E-state index >= 15 is 0 Å². The van der Waals surface area contributed by atoms with E-state index in [9.17, 15) is 4.79 Å². The summed E-state index contributed by atoms with van der Waals surface area (Å²) in [5.41, 5.74) is 0.182. The molecule has 0 atom stereocenters. The van der Waals surface area contributed by atoms with E-state index in [1.54, 1.807) is 12.4 Å². The lowest BCUT2D eigenvalue weighted by Gasteiger charge is -2.10. The third kappa shape index (κ3) is 3.39. The number of anilines is 1. The Hall–Kier alpha value is -1.82. The molecule has 0 unspecified atom stereocenters. The SMILES string of the molecule is Cc1cnc(CNc2cnn(CC(C)C)c(=O)c2Cl)o1. The third-order valence-corrected chi connectivity index (χ3v) is 2.99. The molecule has 6 nitrogen and oxygen atoms in total. The molecule has 0 aliphatic carbocycles. The number of hydrogen-bond donors (Lipinski definition) is 1. The summed E-state index contributed by atoms with van der Waals surface area (Å²) in [6.45, 7) is 6.73. The molecular formula is C13H17ClN4O2. The fourth-order valence-electron chi connectivity index (χ4n) is 1.72. The van der Waals surface area contributed by atoms with Gasteiger partial charge in [0.1, 0.15) is 10.8 Å². The summed E-state index contributed by atoms with van der Waals surface area (Å²) in [5.74, 6) is 1.59. The van der Waals surface area contributed by atoms with Crippen LogP contribution in [0.1, 0.15) is 25.5 Å². The second-order valence-electron chi connectivity index (χ2n) is 4.97. The van der Waals surface area contributed by atoms with E-state index in [0.29, 0.717) is 30.6 Å². The van der Waals surface area contributed by atoms with Crippen LogP contribution in [0.4, 0.5) is 5.69 Å². The average molecular weight is 297 g/mol. The van der Waals surface area contributed by atoms with Gasteiger partial charge in [-0.25, -0.2) is 9.67 Å². The van der Waals surface area contributed by atoms with Crippen molar-refractivity contribution in [1.82, 2.24) is 14.8 Å². The number of oxazole rings is 1. The molecule has 108 valence electrons. The Balaban J connectivity index is 2.13. The van der Waals surface area contributed by atoms with Crippen LogP contribution in [0.2, 0.25) is 5.02 Å². The summed E-state index contributed by atoms with van der Waals surface area (Å²) in [4.78, 5) is 16.1. The average Bonchev–Trinajstić information content (AvgIpc) is 2.79. The molecule has 1 N–H and O–H groups in total. The molecule has 0 fully saturated rings. The minimum absolute atomic E-state index is 0.129. The second-order valence-corrected chi connectivity index (χ2v) is 5.35. The Kier molecular flexibility index (Phi) is 4.44. The van der Waals surface area contributed by atoms with Gasteiger partial charge in [0.05, 0.1) is 24.6 Å². The van der Waals surface area contributed by atoms with Crippen molar-refractivity contribution in [2.45, 2.75) is 33.9 Å². The summed E-state index contributed by atoms with van der Waals surface area (Å²) in [6.07, 6.45) is 3.18. The number of rotatable bonds is 5. The molecule has 0 aliphatic heterocycles. The molecular weight excluding hydrogens is 280 g/mol. The van der Waals surface area contributed by atoms with Crippen LogP contribution in [0.15, 0.2) is 21.6 Å². The quantitative estimate of drug-likeness (QED) is 0.917. The Labute approximate surface area is 121 Å². The maximum absolute atomic E-state index is 12.0. The van der Waals surface area contributed by atoms with E-state index in [0.717, 1.165) is 5.76 Å². The van der Waals surface area contributed by atoms with Crippen LogP contribution in [0, 0.1) is 12.8 Å². The molecule has 2 rings (SSSR count). The van der Waals surface area contributed by atoms with Crippen LogP contribution in [0.3, 0.4) is 0 Å². The zero-order valence-corrected chi connectivity index (χ0v) is 12.4. The van der Waals surface area contributed by atoms with Crippen molar-refractivity contribution in [1.29, 1.82) is 0 Å². The lowest BCUT2D eigenvalue weighted by atomic mass is 10.2. The zero-order chi connectivity index (χ0) is 14.7. The molecule has 0 bridgehead atoms. The number of hydrogen-bond acceptors (Lipinski definition) is 5. The molecule has 0 spiro atoms. The van der Waals surface area contributed by atoms with E-state index in [4.69, 9.17) is 16.0 Å². The van der Waals surface area contributed by atoms with Crippen molar-refractivity contribution in [2.24, 2.45) is 5.92 Å². The highest BCUT2D eigenvalue weighted by Crippen LogP contribution is 2.16. The molecule has 20 heavy (non-hydrogen) atoms. The Morgan fingerprint density at radius 3 is 2.80 bits per heavy atom. The van der Waals surface area contributed by atoms with Gasteiger partial charge < -0.3 is 9.73 Å². The number of nitrogens with one attached hydrogen (secondary N) is 1.